The van der Waals surface area contributed by atoms with E-state index in [1.54, 1.807) is 25.3 Å². The monoisotopic (exact) mass is 406 g/mol. The van der Waals surface area contributed by atoms with Crippen molar-refractivity contribution >= 4 is 28.9 Å². The number of carbonyl (C=O) groups excluding carboxylic acids is 2. The van der Waals surface area contributed by atoms with Crippen LogP contribution in [-0.4, -0.2) is 47.0 Å². The summed E-state index contributed by atoms with van der Waals surface area (Å²) in [6.45, 7) is 4.87. The van der Waals surface area contributed by atoms with Crippen LogP contribution in [0.1, 0.15) is 46.3 Å². The minimum atomic E-state index is -0.676. The van der Waals surface area contributed by atoms with Gasteiger partial charge >= 0.3 is 0 Å². The molecular weight excluding hydrogens is 384 g/mol. The highest BCUT2D eigenvalue weighted by atomic mass is 16.5. The number of aromatic nitrogens is 3. The Morgan fingerprint density at radius 2 is 2.20 bits per heavy atom. The number of nitriles is 1. The molecule has 3 heterocycles. The summed E-state index contributed by atoms with van der Waals surface area (Å²) in [4.78, 5) is 32.4. The Kier molecular flexibility index (Phi) is 6.09. The third kappa shape index (κ3) is 3.73. The number of carbonyl (C=O) groups is 2. The molecule has 0 bridgehead atoms. The van der Waals surface area contributed by atoms with Crippen molar-refractivity contribution in [1.82, 2.24) is 14.5 Å². The number of pyridine rings is 2. The number of methoxy groups -OCH3 is 1. The molecule has 154 valence electrons. The van der Waals surface area contributed by atoms with E-state index >= 15 is 0 Å². The van der Waals surface area contributed by atoms with Gasteiger partial charge in [0.05, 0.1) is 40.3 Å². The van der Waals surface area contributed by atoms with Crippen LogP contribution in [0.2, 0.25) is 0 Å². The molecule has 0 aliphatic carbocycles. The van der Waals surface area contributed by atoms with E-state index < -0.39 is 5.91 Å². The highest BCUT2D eigenvalue weighted by Crippen LogP contribution is 2.36. The molecule has 0 unspecified atom stereocenters. The molecule has 3 N–H and O–H groups in total. The van der Waals surface area contributed by atoms with Gasteiger partial charge in [-0.1, -0.05) is 0 Å². The van der Waals surface area contributed by atoms with Gasteiger partial charge in [0, 0.05) is 25.9 Å². The predicted molar refractivity (Wildman–Crippen MR) is 112 cm³/mol. The normalized spacial score (nSPS) is 10.9. The van der Waals surface area contributed by atoms with Gasteiger partial charge in [-0.2, -0.15) is 5.26 Å². The Bertz CT molecular complexity index is 1160. The van der Waals surface area contributed by atoms with Gasteiger partial charge < -0.3 is 20.4 Å². The largest absolute Gasteiger partial charge is 0.383 e. The van der Waals surface area contributed by atoms with E-state index in [0.717, 1.165) is 0 Å². The lowest BCUT2D eigenvalue weighted by molar-refractivity contribution is 0.100. The number of hydrogen-bond donors (Lipinski definition) is 2. The highest BCUT2D eigenvalue weighted by Gasteiger charge is 2.26. The zero-order valence-electron chi connectivity index (χ0n) is 17.0. The van der Waals surface area contributed by atoms with Crippen LogP contribution in [0, 0.1) is 11.3 Å². The van der Waals surface area contributed by atoms with Crippen molar-refractivity contribution in [2.75, 3.05) is 25.6 Å². The van der Waals surface area contributed by atoms with E-state index in [0.29, 0.717) is 53.1 Å². The van der Waals surface area contributed by atoms with E-state index in [1.165, 1.54) is 6.20 Å². The highest BCUT2D eigenvalue weighted by molar-refractivity contribution is 6.11. The van der Waals surface area contributed by atoms with Crippen molar-refractivity contribution in [3.63, 3.8) is 0 Å². The first kappa shape index (κ1) is 21.0. The Morgan fingerprint density at radius 1 is 1.43 bits per heavy atom. The fourth-order valence-corrected chi connectivity index (χ4v) is 3.39. The number of nitrogens with zero attached hydrogens (tertiary/aromatic N) is 4. The van der Waals surface area contributed by atoms with Crippen LogP contribution in [0.3, 0.4) is 0 Å². The summed E-state index contributed by atoms with van der Waals surface area (Å²) >= 11 is 0. The number of ether oxygens (including phenoxy) is 1. The number of hydrogen-bond acceptors (Lipinski definition) is 7. The minimum absolute atomic E-state index is 0.0539. The van der Waals surface area contributed by atoms with Crippen molar-refractivity contribution in [2.45, 2.75) is 19.9 Å². The van der Waals surface area contributed by atoms with Crippen LogP contribution in [0.5, 0.6) is 0 Å². The first-order valence-corrected chi connectivity index (χ1v) is 9.36. The first-order valence-electron chi connectivity index (χ1n) is 9.36. The Morgan fingerprint density at radius 3 is 2.80 bits per heavy atom. The van der Waals surface area contributed by atoms with E-state index in [9.17, 15) is 14.9 Å². The average molecular weight is 406 g/mol. The molecule has 0 radical (unpaired) electrons. The lowest BCUT2D eigenvalue weighted by Gasteiger charge is -2.16. The van der Waals surface area contributed by atoms with Crippen LogP contribution in [0.25, 0.3) is 22.4 Å². The van der Waals surface area contributed by atoms with E-state index in [-0.39, 0.29) is 17.3 Å². The molecular formula is C21H22N6O3. The van der Waals surface area contributed by atoms with Crippen LogP contribution >= 0.6 is 0 Å². The number of fused-ring (bicyclic) bond motifs is 1. The summed E-state index contributed by atoms with van der Waals surface area (Å²) in [5, 5.41) is 12.6. The van der Waals surface area contributed by atoms with Gasteiger partial charge in [-0.15, -0.1) is 0 Å². The molecule has 0 spiro atoms. The zero-order valence-corrected chi connectivity index (χ0v) is 17.0. The number of aldehydes is 1. The number of primary amides is 1. The van der Waals surface area contributed by atoms with Crippen molar-refractivity contribution < 1.29 is 14.3 Å². The third-order valence-corrected chi connectivity index (χ3v) is 4.64. The summed E-state index contributed by atoms with van der Waals surface area (Å²) in [5.41, 5.74) is 9.00. The third-order valence-electron chi connectivity index (χ3n) is 4.64. The minimum Gasteiger partial charge on any atom is -0.383 e. The molecule has 0 saturated carbocycles. The van der Waals surface area contributed by atoms with Crippen LogP contribution in [-0.2, 0) is 4.74 Å². The smallest absolute Gasteiger partial charge is 0.253 e. The van der Waals surface area contributed by atoms with Gasteiger partial charge in [-0.25, -0.2) is 4.98 Å². The predicted octanol–water partition coefficient (Wildman–Crippen LogP) is 2.52. The molecule has 3 aromatic rings. The number of nitrogens with one attached hydrogen (secondary N) is 1. The molecule has 3 aromatic heterocycles. The maximum atomic E-state index is 12.4. The van der Waals surface area contributed by atoms with Gasteiger partial charge in [-0.3, -0.25) is 14.6 Å². The number of anilines is 1. The van der Waals surface area contributed by atoms with Crippen molar-refractivity contribution in [3.05, 3.63) is 41.2 Å². The summed E-state index contributed by atoms with van der Waals surface area (Å²) < 4.78 is 6.96. The average Bonchev–Trinajstić information content (AvgIpc) is 3.08. The second-order valence-corrected chi connectivity index (χ2v) is 6.92. The topological polar surface area (TPSA) is 136 Å². The fourth-order valence-electron chi connectivity index (χ4n) is 3.39. The first-order chi connectivity index (χ1) is 14.4. The molecule has 1 amide bonds. The molecule has 30 heavy (non-hydrogen) atoms. The Labute approximate surface area is 173 Å². The molecule has 9 nitrogen and oxygen atoms in total. The van der Waals surface area contributed by atoms with E-state index in [1.807, 2.05) is 18.4 Å². The van der Waals surface area contributed by atoms with E-state index in [4.69, 9.17) is 10.5 Å². The second kappa shape index (κ2) is 8.71. The number of amides is 1. The number of nitrogens with two attached hydrogens (primary N) is 1. The van der Waals surface area contributed by atoms with Gasteiger partial charge in [0.2, 0.25) is 0 Å². The molecule has 3 rings (SSSR count). The van der Waals surface area contributed by atoms with Gasteiger partial charge in [0.25, 0.3) is 5.91 Å². The maximum Gasteiger partial charge on any atom is 0.253 e. The maximum absolute atomic E-state index is 12.4. The second-order valence-electron chi connectivity index (χ2n) is 6.92. The van der Waals surface area contributed by atoms with Crippen molar-refractivity contribution in [2.24, 2.45) is 5.73 Å². The van der Waals surface area contributed by atoms with E-state index in [2.05, 4.69) is 21.4 Å². The molecule has 0 aliphatic heterocycles. The van der Waals surface area contributed by atoms with Crippen molar-refractivity contribution in [3.8, 4) is 17.5 Å². The summed E-state index contributed by atoms with van der Waals surface area (Å²) in [6.07, 6.45) is 2.07. The summed E-state index contributed by atoms with van der Waals surface area (Å²) in [6, 6.07) is 7.08. The van der Waals surface area contributed by atoms with Crippen molar-refractivity contribution in [1.29, 1.82) is 5.26 Å². The zero-order chi connectivity index (χ0) is 21.8. The quantitative estimate of drug-likeness (QED) is 0.433. The lowest BCUT2D eigenvalue weighted by Crippen LogP contribution is -2.14. The molecule has 0 aliphatic rings. The lowest BCUT2D eigenvalue weighted by atomic mass is 10.1. The molecule has 9 heteroatoms. The van der Waals surface area contributed by atoms with Gasteiger partial charge in [0.15, 0.2) is 6.29 Å². The standard InChI is InChI=1S/C21H22N6O3/c1-12(2)27-17-5-4-14(11-28)26-19(17)18(21(23)29)20(27)16-8-15(24-6-7-30-3)13(9-22)10-25-16/h4-5,8,10-12H,6-7H2,1-3H3,(H2,23,29)(H,24,25). The Balaban J connectivity index is 2.32. The van der Waals surface area contributed by atoms with Crippen LogP contribution in [0.4, 0.5) is 5.69 Å². The molecule has 0 atom stereocenters. The fraction of sp³-hybridized carbons (Fsp3) is 0.286. The SMILES string of the molecule is COCCNc1cc(-c2c(C(N)=O)c3nc(C=O)ccc3n2C(C)C)ncc1C#N. The van der Waals surface area contributed by atoms with Gasteiger partial charge in [0.1, 0.15) is 17.3 Å². The number of rotatable bonds is 8. The molecule has 0 fully saturated rings. The molecule has 0 saturated heterocycles. The molecule has 0 aromatic carbocycles. The van der Waals surface area contributed by atoms with Crippen LogP contribution in [0.15, 0.2) is 24.4 Å². The van der Waals surface area contributed by atoms with Crippen LogP contribution < -0.4 is 11.1 Å². The Hall–Kier alpha value is -3.77. The summed E-state index contributed by atoms with van der Waals surface area (Å²) in [5.74, 6) is -0.676. The summed E-state index contributed by atoms with van der Waals surface area (Å²) in [7, 11) is 1.59. The van der Waals surface area contributed by atoms with Gasteiger partial charge in [-0.05, 0) is 32.0 Å².